The van der Waals surface area contributed by atoms with Gasteiger partial charge in [-0.3, -0.25) is 38.8 Å². The number of nitrogens with zero attached hydrogens (tertiary/aromatic N) is 4. The van der Waals surface area contributed by atoms with E-state index in [1.54, 1.807) is 0 Å². The molecule has 1 saturated heterocycles. The highest BCUT2D eigenvalue weighted by Crippen LogP contribution is 2.11. The van der Waals surface area contributed by atoms with Crippen LogP contribution in [-0.4, -0.2) is 139 Å². The van der Waals surface area contributed by atoms with Crippen LogP contribution < -0.4 is 0 Å². The second-order valence-electron chi connectivity index (χ2n) is 14.5. The third kappa shape index (κ3) is 18.5. The van der Waals surface area contributed by atoms with Crippen LogP contribution in [0.25, 0.3) is 0 Å². The largest absolute Gasteiger partial charge is 0.459 e. The lowest BCUT2D eigenvalue weighted by atomic mass is 10.1. The normalized spacial score (nSPS) is 18.2. The van der Waals surface area contributed by atoms with E-state index < -0.39 is 16.8 Å². The Morgan fingerprint density at radius 2 is 0.690 bits per heavy atom. The summed E-state index contributed by atoms with van der Waals surface area (Å²) in [4.78, 5) is 59.1. The van der Waals surface area contributed by atoms with Crippen LogP contribution in [0.5, 0.6) is 0 Å². The van der Waals surface area contributed by atoms with Gasteiger partial charge in [0.05, 0.1) is 26.2 Å². The van der Waals surface area contributed by atoms with Gasteiger partial charge in [-0.1, -0.05) is 13.8 Å². The summed E-state index contributed by atoms with van der Waals surface area (Å²) in [6.07, 6.45) is 0. The van der Waals surface area contributed by atoms with Crippen molar-refractivity contribution in [2.75, 3.05) is 78.5 Å². The van der Waals surface area contributed by atoms with Gasteiger partial charge in [-0.25, -0.2) is 0 Å². The van der Waals surface area contributed by atoms with Crippen LogP contribution >= 0.6 is 0 Å². The van der Waals surface area contributed by atoms with E-state index in [-0.39, 0.29) is 49.2 Å². The molecule has 1 aliphatic heterocycles. The molecule has 0 aromatic carbocycles. The van der Waals surface area contributed by atoms with Gasteiger partial charge >= 0.3 is 17.9 Å². The van der Waals surface area contributed by atoms with Crippen molar-refractivity contribution in [2.24, 2.45) is 5.92 Å². The molecule has 0 unspecified atom stereocenters. The molecule has 1 rings (SSSR count). The molecule has 0 aromatic rings. The van der Waals surface area contributed by atoms with Gasteiger partial charge in [-0.2, -0.15) is 0 Å². The monoisotopic (exact) mass is 598 g/mol. The van der Waals surface area contributed by atoms with Gasteiger partial charge in [0.1, 0.15) is 22.6 Å². The fraction of sp³-hybridized carbons (Fsp3) is 0.871. The molecule has 0 spiro atoms. The van der Waals surface area contributed by atoms with Crippen molar-refractivity contribution in [2.45, 2.75) is 93.0 Å². The molecule has 1 aliphatic rings. The number of Topliss-reactive ketones (excluding diaryl/α,β-unsaturated/α-hetero) is 1. The van der Waals surface area contributed by atoms with Crippen LogP contribution in [-0.2, 0) is 33.4 Å². The molecule has 0 aromatic heterocycles. The predicted molar refractivity (Wildman–Crippen MR) is 163 cm³/mol. The van der Waals surface area contributed by atoms with E-state index in [4.69, 9.17) is 14.2 Å². The lowest BCUT2D eigenvalue weighted by molar-refractivity contribution is -0.158. The number of rotatable bonds is 9. The molecule has 244 valence electrons. The Balaban J connectivity index is 3.20. The van der Waals surface area contributed by atoms with Crippen LogP contribution in [0.3, 0.4) is 0 Å². The van der Waals surface area contributed by atoms with E-state index >= 15 is 0 Å². The Bertz CT molecular complexity index is 841. The Kier molecular flexibility index (Phi) is 15.1. The molecule has 0 amide bonds. The number of ketones is 1. The molecule has 0 saturated carbocycles. The van der Waals surface area contributed by atoms with E-state index in [9.17, 15) is 19.2 Å². The van der Waals surface area contributed by atoms with Crippen LogP contribution in [0.15, 0.2) is 0 Å². The number of hydrogen-bond donors (Lipinski definition) is 0. The van der Waals surface area contributed by atoms with E-state index in [0.717, 1.165) is 0 Å². The molecular weight excluding hydrogens is 540 g/mol. The van der Waals surface area contributed by atoms with Gasteiger partial charge in [-0.15, -0.1) is 0 Å². The standard InChI is InChI=1S/C31H58N4O7/c1-24(2)25(36)20-32-12-14-33(21-26(37)40-29(3,4)5)16-18-35(23-28(39)42-31(9,10)11)19-17-34(15-13-32)22-27(38)41-30(6,7)8/h24H,12-23H2,1-11H3. The maximum Gasteiger partial charge on any atom is 0.320 e. The summed E-state index contributed by atoms with van der Waals surface area (Å²) in [6.45, 7) is 25.2. The number of hydrogen-bond acceptors (Lipinski definition) is 11. The lowest BCUT2D eigenvalue weighted by Gasteiger charge is -2.34. The highest BCUT2D eigenvalue weighted by molar-refractivity contribution is 5.82. The smallest absolute Gasteiger partial charge is 0.320 e. The summed E-state index contributed by atoms with van der Waals surface area (Å²) >= 11 is 0. The van der Waals surface area contributed by atoms with Crippen molar-refractivity contribution in [3.8, 4) is 0 Å². The zero-order chi connectivity index (χ0) is 32.3. The van der Waals surface area contributed by atoms with Crippen LogP contribution in [0.2, 0.25) is 0 Å². The topological polar surface area (TPSA) is 109 Å². The van der Waals surface area contributed by atoms with E-state index in [1.807, 2.05) is 90.9 Å². The lowest BCUT2D eigenvalue weighted by Crippen LogP contribution is -2.50. The Hall–Kier alpha value is -2.08. The van der Waals surface area contributed by atoms with Crippen molar-refractivity contribution in [3.05, 3.63) is 0 Å². The van der Waals surface area contributed by atoms with Crippen molar-refractivity contribution in [3.63, 3.8) is 0 Å². The summed E-state index contributed by atoms with van der Waals surface area (Å²) in [7, 11) is 0. The zero-order valence-electron chi connectivity index (χ0n) is 28.2. The minimum absolute atomic E-state index is 0.0901. The maximum absolute atomic E-state index is 12.8. The van der Waals surface area contributed by atoms with Gasteiger partial charge in [0.15, 0.2) is 0 Å². The zero-order valence-corrected chi connectivity index (χ0v) is 28.2. The number of carbonyl (C=O) groups is 4. The van der Waals surface area contributed by atoms with Gasteiger partial charge in [0, 0.05) is 58.3 Å². The SMILES string of the molecule is CC(C)C(=O)CN1CCN(CC(=O)OC(C)(C)C)CCN(CC(=O)OC(C)(C)C)CCN(CC(=O)OC(C)(C)C)CC1. The van der Waals surface area contributed by atoms with Gasteiger partial charge in [0.2, 0.25) is 0 Å². The highest BCUT2D eigenvalue weighted by atomic mass is 16.6. The van der Waals surface area contributed by atoms with Crippen LogP contribution in [0.1, 0.15) is 76.2 Å². The first-order valence-corrected chi connectivity index (χ1v) is 15.2. The third-order valence-corrected chi connectivity index (χ3v) is 6.27. The molecule has 1 heterocycles. The summed E-state index contributed by atoms with van der Waals surface area (Å²) < 4.78 is 16.7. The first kappa shape index (κ1) is 37.9. The molecule has 11 nitrogen and oxygen atoms in total. The number of carbonyl (C=O) groups excluding carboxylic acids is 4. The molecule has 0 aliphatic carbocycles. The highest BCUT2D eigenvalue weighted by Gasteiger charge is 2.26. The van der Waals surface area contributed by atoms with Crippen molar-refractivity contribution in [1.29, 1.82) is 0 Å². The summed E-state index contributed by atoms with van der Waals surface area (Å²) in [6, 6.07) is 0. The second kappa shape index (κ2) is 16.7. The minimum atomic E-state index is -0.605. The van der Waals surface area contributed by atoms with Crippen molar-refractivity contribution in [1.82, 2.24) is 19.6 Å². The van der Waals surface area contributed by atoms with Crippen LogP contribution in [0.4, 0.5) is 0 Å². The summed E-state index contributed by atoms with van der Waals surface area (Å²) in [5, 5.41) is 0. The minimum Gasteiger partial charge on any atom is -0.459 e. The molecular formula is C31H58N4O7. The number of ether oxygens (including phenoxy) is 3. The van der Waals surface area contributed by atoms with Crippen LogP contribution in [0, 0.1) is 5.92 Å². The maximum atomic E-state index is 12.8. The quantitative estimate of drug-likeness (QED) is 0.288. The van der Waals surface area contributed by atoms with E-state index in [0.29, 0.717) is 58.9 Å². The summed E-state index contributed by atoms with van der Waals surface area (Å²) in [5.74, 6) is -0.917. The molecule has 11 heteroatoms. The Morgan fingerprint density at radius 3 is 0.881 bits per heavy atom. The second-order valence-corrected chi connectivity index (χ2v) is 14.5. The van der Waals surface area contributed by atoms with Crippen molar-refractivity contribution >= 4 is 23.7 Å². The average Bonchev–Trinajstić information content (AvgIpc) is 2.76. The van der Waals surface area contributed by atoms with E-state index in [1.165, 1.54) is 0 Å². The van der Waals surface area contributed by atoms with Gasteiger partial charge < -0.3 is 14.2 Å². The molecule has 1 fully saturated rings. The molecule has 0 N–H and O–H groups in total. The molecule has 0 bridgehead atoms. The van der Waals surface area contributed by atoms with Gasteiger partial charge in [0.25, 0.3) is 0 Å². The predicted octanol–water partition coefficient (Wildman–Crippen LogP) is 2.46. The molecule has 0 atom stereocenters. The summed E-state index contributed by atoms with van der Waals surface area (Å²) in [5.41, 5.74) is -1.80. The average molecular weight is 599 g/mol. The molecule has 0 radical (unpaired) electrons. The van der Waals surface area contributed by atoms with Gasteiger partial charge in [-0.05, 0) is 62.3 Å². The fourth-order valence-electron chi connectivity index (χ4n) is 4.28. The first-order chi connectivity index (χ1) is 19.1. The Morgan fingerprint density at radius 1 is 0.476 bits per heavy atom. The first-order valence-electron chi connectivity index (χ1n) is 15.2. The van der Waals surface area contributed by atoms with E-state index in [2.05, 4.69) is 4.90 Å². The molecule has 42 heavy (non-hydrogen) atoms. The Labute approximate surface area is 254 Å². The van der Waals surface area contributed by atoms with Crippen molar-refractivity contribution < 1.29 is 33.4 Å². The fourth-order valence-corrected chi connectivity index (χ4v) is 4.28. The number of esters is 3. The third-order valence-electron chi connectivity index (χ3n) is 6.27.